The van der Waals surface area contributed by atoms with Crippen LogP contribution in [0.15, 0.2) is 29.5 Å². The van der Waals surface area contributed by atoms with Crippen LogP contribution in [0.5, 0.6) is 0 Å². The Hall–Kier alpha value is -1.42. The van der Waals surface area contributed by atoms with E-state index in [0.717, 1.165) is 32.0 Å². The van der Waals surface area contributed by atoms with Crippen LogP contribution in [0, 0.1) is 0 Å². The van der Waals surface area contributed by atoms with Crippen molar-refractivity contribution in [2.45, 2.75) is 0 Å². The lowest BCUT2D eigenvalue weighted by molar-refractivity contribution is 0.0396. The highest BCUT2D eigenvalue weighted by molar-refractivity contribution is 5.76. The maximum Gasteiger partial charge on any atom is 0.0830 e. The summed E-state index contributed by atoms with van der Waals surface area (Å²) < 4.78 is 5.22. The molecule has 2 heterocycles. The molecule has 1 aromatic heterocycles. The molecule has 0 N–H and O–H groups in total. The van der Waals surface area contributed by atoms with Crippen molar-refractivity contribution in [3.63, 3.8) is 0 Å². The third kappa shape index (κ3) is 2.53. The van der Waals surface area contributed by atoms with E-state index in [2.05, 4.69) is 10.1 Å². The lowest BCUT2D eigenvalue weighted by atomic mass is 10.4. The minimum atomic E-state index is 0.763. The van der Waals surface area contributed by atoms with Crippen LogP contribution < -0.4 is 0 Å². The molecule has 0 unspecified atom stereocenters. The summed E-state index contributed by atoms with van der Waals surface area (Å²) in [6.45, 7) is 3.26. The average Bonchev–Trinajstić information content (AvgIpc) is 2.29. The Kier molecular flexibility index (Phi) is 3.08. The van der Waals surface area contributed by atoms with Crippen molar-refractivity contribution in [2.75, 3.05) is 26.3 Å². The zero-order chi connectivity index (χ0) is 9.64. The summed E-state index contributed by atoms with van der Waals surface area (Å²) in [6.07, 6.45) is 3.55. The van der Waals surface area contributed by atoms with Crippen molar-refractivity contribution < 1.29 is 4.74 Å². The van der Waals surface area contributed by atoms with E-state index in [1.807, 2.05) is 23.2 Å². The van der Waals surface area contributed by atoms with Crippen LogP contribution in [0.25, 0.3) is 0 Å². The molecule has 2 rings (SSSR count). The molecule has 1 fully saturated rings. The van der Waals surface area contributed by atoms with E-state index in [1.54, 1.807) is 12.4 Å². The topological polar surface area (TPSA) is 37.7 Å². The second-order valence-electron chi connectivity index (χ2n) is 3.07. The summed E-state index contributed by atoms with van der Waals surface area (Å²) >= 11 is 0. The number of hydrogen-bond donors (Lipinski definition) is 0. The predicted molar refractivity (Wildman–Crippen MR) is 54.2 cm³/mol. The highest BCUT2D eigenvalue weighted by Crippen LogP contribution is 1.97. The SMILES string of the molecule is C(=N/N1CCOCC1)/c1ccccn1. The first-order valence-corrected chi connectivity index (χ1v) is 4.73. The van der Waals surface area contributed by atoms with Crippen LogP contribution in [0.1, 0.15) is 5.69 Å². The van der Waals surface area contributed by atoms with E-state index >= 15 is 0 Å². The van der Waals surface area contributed by atoms with Crippen LogP contribution >= 0.6 is 0 Å². The molecule has 1 aromatic rings. The second kappa shape index (κ2) is 4.72. The molecule has 14 heavy (non-hydrogen) atoms. The Morgan fingerprint density at radius 1 is 1.36 bits per heavy atom. The van der Waals surface area contributed by atoms with Crippen LogP contribution in [-0.2, 0) is 4.74 Å². The Bertz CT molecular complexity index is 293. The van der Waals surface area contributed by atoms with E-state index in [4.69, 9.17) is 4.74 Å². The zero-order valence-corrected chi connectivity index (χ0v) is 7.97. The summed E-state index contributed by atoms with van der Waals surface area (Å²) in [5.74, 6) is 0. The van der Waals surface area contributed by atoms with Crippen molar-refractivity contribution in [2.24, 2.45) is 5.10 Å². The Morgan fingerprint density at radius 2 is 2.21 bits per heavy atom. The normalized spacial score (nSPS) is 17.6. The van der Waals surface area contributed by atoms with E-state index in [9.17, 15) is 0 Å². The van der Waals surface area contributed by atoms with Gasteiger partial charge in [-0.3, -0.25) is 9.99 Å². The number of ether oxygens (including phenoxy) is 1. The van der Waals surface area contributed by atoms with Crippen molar-refractivity contribution in [3.05, 3.63) is 30.1 Å². The quantitative estimate of drug-likeness (QED) is 0.647. The number of nitrogens with zero attached hydrogens (tertiary/aromatic N) is 3. The molecule has 0 aromatic carbocycles. The maximum atomic E-state index is 5.22. The van der Waals surface area contributed by atoms with Crippen molar-refractivity contribution in [3.8, 4) is 0 Å². The number of rotatable bonds is 2. The minimum Gasteiger partial charge on any atom is -0.378 e. The van der Waals surface area contributed by atoms with Crippen molar-refractivity contribution in [1.82, 2.24) is 9.99 Å². The third-order valence-electron chi connectivity index (χ3n) is 2.03. The minimum absolute atomic E-state index is 0.763. The molecule has 0 spiro atoms. The molecule has 4 nitrogen and oxygen atoms in total. The molecule has 1 saturated heterocycles. The molecule has 0 aliphatic carbocycles. The van der Waals surface area contributed by atoms with Gasteiger partial charge in [-0.25, -0.2) is 0 Å². The van der Waals surface area contributed by atoms with Gasteiger partial charge in [-0.05, 0) is 12.1 Å². The number of pyridine rings is 1. The summed E-state index contributed by atoms with van der Waals surface area (Å²) in [7, 11) is 0. The number of hydrazone groups is 1. The van der Waals surface area contributed by atoms with Gasteiger partial charge < -0.3 is 4.74 Å². The predicted octanol–water partition coefficient (Wildman–Crippen LogP) is 0.748. The second-order valence-corrected chi connectivity index (χ2v) is 3.07. The fourth-order valence-corrected chi connectivity index (χ4v) is 1.26. The smallest absolute Gasteiger partial charge is 0.0830 e. The number of aromatic nitrogens is 1. The summed E-state index contributed by atoms with van der Waals surface area (Å²) in [5.41, 5.74) is 0.888. The van der Waals surface area contributed by atoms with Gasteiger partial charge in [0.2, 0.25) is 0 Å². The van der Waals surface area contributed by atoms with E-state index in [0.29, 0.717) is 0 Å². The number of hydrogen-bond acceptors (Lipinski definition) is 4. The Morgan fingerprint density at radius 3 is 2.93 bits per heavy atom. The van der Waals surface area contributed by atoms with Gasteiger partial charge in [0.25, 0.3) is 0 Å². The molecular weight excluding hydrogens is 178 g/mol. The van der Waals surface area contributed by atoms with Gasteiger partial charge in [-0.1, -0.05) is 6.07 Å². The Balaban J connectivity index is 1.93. The Labute approximate surface area is 83.2 Å². The highest BCUT2D eigenvalue weighted by Gasteiger charge is 2.05. The van der Waals surface area contributed by atoms with Gasteiger partial charge in [0.05, 0.1) is 38.2 Å². The van der Waals surface area contributed by atoms with E-state index in [-0.39, 0.29) is 0 Å². The van der Waals surface area contributed by atoms with Gasteiger partial charge >= 0.3 is 0 Å². The van der Waals surface area contributed by atoms with Crippen molar-refractivity contribution in [1.29, 1.82) is 0 Å². The summed E-state index contributed by atoms with van der Waals surface area (Å²) in [4.78, 5) is 4.16. The van der Waals surface area contributed by atoms with Crippen LogP contribution in [0.3, 0.4) is 0 Å². The molecule has 1 aliphatic heterocycles. The van der Waals surface area contributed by atoms with Crippen molar-refractivity contribution >= 4 is 6.21 Å². The lowest BCUT2D eigenvalue weighted by Gasteiger charge is -2.23. The standard InChI is InChI=1S/C10H13N3O/c1-2-4-11-10(3-1)9-12-13-5-7-14-8-6-13/h1-4,9H,5-8H2/b12-9-. The molecular formula is C10H13N3O. The first kappa shape index (κ1) is 9.15. The van der Waals surface area contributed by atoms with Gasteiger partial charge in [0.1, 0.15) is 0 Å². The molecule has 0 amide bonds. The molecule has 4 heteroatoms. The molecule has 1 aliphatic rings. The molecule has 74 valence electrons. The largest absolute Gasteiger partial charge is 0.378 e. The zero-order valence-electron chi connectivity index (χ0n) is 7.97. The first-order chi connectivity index (χ1) is 6.95. The van der Waals surface area contributed by atoms with Crippen LogP contribution in [-0.4, -0.2) is 42.5 Å². The van der Waals surface area contributed by atoms with Gasteiger partial charge in [0, 0.05) is 6.20 Å². The fraction of sp³-hybridized carbons (Fsp3) is 0.400. The van der Waals surface area contributed by atoms with E-state index < -0.39 is 0 Å². The molecule has 0 bridgehead atoms. The summed E-state index contributed by atoms with van der Waals surface area (Å²) in [5, 5.41) is 6.32. The van der Waals surface area contributed by atoms with Crippen LogP contribution in [0.4, 0.5) is 0 Å². The lowest BCUT2D eigenvalue weighted by Crippen LogP contribution is -2.32. The number of morpholine rings is 1. The van der Waals surface area contributed by atoms with Gasteiger partial charge in [-0.15, -0.1) is 0 Å². The summed E-state index contributed by atoms with van der Waals surface area (Å²) in [6, 6.07) is 5.78. The van der Waals surface area contributed by atoms with Gasteiger partial charge in [-0.2, -0.15) is 5.10 Å². The molecule has 0 atom stereocenters. The molecule has 0 radical (unpaired) electrons. The fourth-order valence-electron chi connectivity index (χ4n) is 1.26. The average molecular weight is 191 g/mol. The van der Waals surface area contributed by atoms with E-state index in [1.165, 1.54) is 0 Å². The monoisotopic (exact) mass is 191 g/mol. The molecule has 0 saturated carbocycles. The van der Waals surface area contributed by atoms with Gasteiger partial charge in [0.15, 0.2) is 0 Å². The first-order valence-electron chi connectivity index (χ1n) is 4.73. The van der Waals surface area contributed by atoms with Crippen LogP contribution in [0.2, 0.25) is 0 Å². The third-order valence-corrected chi connectivity index (χ3v) is 2.03. The maximum absolute atomic E-state index is 5.22. The highest BCUT2D eigenvalue weighted by atomic mass is 16.5.